The van der Waals surface area contributed by atoms with E-state index in [2.05, 4.69) is 6.19 Å². The van der Waals surface area contributed by atoms with Gasteiger partial charge in [0.25, 0.3) is 0 Å². The summed E-state index contributed by atoms with van der Waals surface area (Å²) in [5.41, 5.74) is 5.60. The van der Waals surface area contributed by atoms with Crippen LogP contribution in [0, 0.1) is 11.5 Å². The largest absolute Gasteiger partial charge is 0.326 e. The minimum absolute atomic E-state index is 0.208. The number of hydrogen-bond donors (Lipinski definition) is 1. The Morgan fingerprint density at radius 3 is 2.67 bits per heavy atom. The Morgan fingerprint density at radius 1 is 1.78 bits per heavy atom. The maximum Gasteiger partial charge on any atom is 0.179 e. The highest BCUT2D eigenvalue weighted by Gasteiger charge is 2.24. The van der Waals surface area contributed by atoms with Gasteiger partial charge >= 0.3 is 0 Å². The van der Waals surface area contributed by atoms with Crippen LogP contribution >= 0.6 is 0 Å². The van der Waals surface area contributed by atoms with Crippen LogP contribution in [0.5, 0.6) is 0 Å². The molecule has 2 N–H and O–H groups in total. The number of hydrogen-bond acceptors (Lipinski definition) is 3. The van der Waals surface area contributed by atoms with Gasteiger partial charge in [-0.25, -0.2) is 0 Å². The van der Waals surface area contributed by atoms with Crippen LogP contribution in [0.3, 0.4) is 0 Å². The highest BCUT2D eigenvalue weighted by atomic mass is 15.2. The SMILES string of the molecule is C[C@@H]1C[C@@H](N)CN1C#N. The molecule has 1 fully saturated rings. The van der Waals surface area contributed by atoms with Gasteiger partial charge in [-0.15, -0.1) is 0 Å². The van der Waals surface area contributed by atoms with Crippen molar-refractivity contribution < 1.29 is 0 Å². The topological polar surface area (TPSA) is 53.0 Å². The van der Waals surface area contributed by atoms with Crippen molar-refractivity contribution in [2.24, 2.45) is 5.73 Å². The molecule has 0 amide bonds. The number of nitrogens with zero attached hydrogens (tertiary/aromatic N) is 2. The number of likely N-dealkylation sites (tertiary alicyclic amines) is 1. The van der Waals surface area contributed by atoms with E-state index >= 15 is 0 Å². The lowest BCUT2D eigenvalue weighted by Crippen LogP contribution is -2.24. The van der Waals surface area contributed by atoms with Gasteiger partial charge in [0, 0.05) is 18.6 Å². The van der Waals surface area contributed by atoms with Crippen molar-refractivity contribution >= 4 is 0 Å². The smallest absolute Gasteiger partial charge is 0.179 e. The zero-order valence-electron chi connectivity index (χ0n) is 5.54. The molecule has 0 saturated carbocycles. The predicted molar refractivity (Wildman–Crippen MR) is 34.4 cm³/mol. The first-order valence-electron chi connectivity index (χ1n) is 3.16. The summed E-state index contributed by atoms with van der Waals surface area (Å²) in [7, 11) is 0. The van der Waals surface area contributed by atoms with Crippen LogP contribution in [0.4, 0.5) is 0 Å². The Hall–Kier alpha value is -0.750. The Labute approximate surface area is 55.1 Å². The maximum absolute atomic E-state index is 8.47. The molecule has 0 unspecified atom stereocenters. The quantitative estimate of drug-likeness (QED) is 0.459. The summed E-state index contributed by atoms with van der Waals surface area (Å²) in [6.07, 6.45) is 3.05. The molecule has 3 heteroatoms. The third-order valence-corrected chi connectivity index (χ3v) is 1.74. The summed E-state index contributed by atoms with van der Waals surface area (Å²) < 4.78 is 0. The van der Waals surface area contributed by atoms with Crippen LogP contribution in [-0.4, -0.2) is 23.5 Å². The molecule has 1 saturated heterocycles. The molecule has 1 heterocycles. The van der Waals surface area contributed by atoms with Crippen LogP contribution < -0.4 is 5.73 Å². The lowest BCUT2D eigenvalue weighted by atomic mass is 10.2. The van der Waals surface area contributed by atoms with E-state index in [1.54, 1.807) is 4.90 Å². The fourth-order valence-electron chi connectivity index (χ4n) is 1.21. The summed E-state index contributed by atoms with van der Waals surface area (Å²) in [4.78, 5) is 1.73. The maximum atomic E-state index is 8.47. The van der Waals surface area contributed by atoms with Crippen molar-refractivity contribution in [2.45, 2.75) is 25.4 Å². The summed E-state index contributed by atoms with van der Waals surface area (Å²) >= 11 is 0. The van der Waals surface area contributed by atoms with Gasteiger partial charge in [0.2, 0.25) is 0 Å². The molecule has 0 spiro atoms. The molecule has 2 atom stereocenters. The van der Waals surface area contributed by atoms with Crippen LogP contribution in [0.15, 0.2) is 0 Å². The van der Waals surface area contributed by atoms with Gasteiger partial charge in [0.05, 0.1) is 0 Å². The van der Waals surface area contributed by atoms with Crippen molar-refractivity contribution in [1.82, 2.24) is 4.90 Å². The molecule has 0 aromatic heterocycles. The molecule has 3 nitrogen and oxygen atoms in total. The van der Waals surface area contributed by atoms with Gasteiger partial charge in [-0.2, -0.15) is 5.26 Å². The first-order valence-corrected chi connectivity index (χ1v) is 3.16. The zero-order valence-corrected chi connectivity index (χ0v) is 5.54. The first-order chi connectivity index (χ1) is 4.24. The van der Waals surface area contributed by atoms with E-state index in [-0.39, 0.29) is 6.04 Å². The third-order valence-electron chi connectivity index (χ3n) is 1.74. The molecule has 50 valence electrons. The Morgan fingerprint density at radius 2 is 2.44 bits per heavy atom. The van der Waals surface area contributed by atoms with E-state index in [0.29, 0.717) is 6.04 Å². The first kappa shape index (κ1) is 6.37. The normalized spacial score (nSPS) is 34.6. The molecule has 1 aliphatic heterocycles. The van der Waals surface area contributed by atoms with Crippen LogP contribution in [0.25, 0.3) is 0 Å². The molecule has 0 radical (unpaired) electrons. The highest BCUT2D eigenvalue weighted by molar-refractivity contribution is 4.91. The van der Waals surface area contributed by atoms with Gasteiger partial charge in [0.1, 0.15) is 0 Å². The van der Waals surface area contributed by atoms with Crippen LogP contribution in [0.2, 0.25) is 0 Å². The van der Waals surface area contributed by atoms with E-state index in [1.165, 1.54) is 0 Å². The van der Waals surface area contributed by atoms with Gasteiger partial charge in [-0.3, -0.25) is 0 Å². The molecule has 0 bridgehead atoms. The fourth-order valence-corrected chi connectivity index (χ4v) is 1.21. The Balaban J connectivity index is 2.50. The van der Waals surface area contributed by atoms with Crippen molar-refractivity contribution in [1.29, 1.82) is 5.26 Å². The summed E-state index contributed by atoms with van der Waals surface area (Å²) in [6.45, 7) is 2.76. The highest BCUT2D eigenvalue weighted by Crippen LogP contribution is 2.13. The molecule has 0 aromatic rings. The number of nitriles is 1. The van der Waals surface area contributed by atoms with E-state index in [9.17, 15) is 0 Å². The van der Waals surface area contributed by atoms with Crippen molar-refractivity contribution in [2.75, 3.05) is 6.54 Å². The molecule has 9 heavy (non-hydrogen) atoms. The van der Waals surface area contributed by atoms with Gasteiger partial charge in [0.15, 0.2) is 6.19 Å². The summed E-state index contributed by atoms with van der Waals surface area (Å²) in [6, 6.07) is 0.560. The standard InChI is InChI=1S/C6H11N3/c1-5-2-6(8)3-9(5)4-7/h5-6H,2-3,8H2,1H3/t5-,6-/m1/s1. The molecular formula is C6H11N3. The van der Waals surface area contributed by atoms with E-state index in [4.69, 9.17) is 11.0 Å². The summed E-state index contributed by atoms with van der Waals surface area (Å²) in [5, 5.41) is 8.47. The number of rotatable bonds is 0. The van der Waals surface area contributed by atoms with Gasteiger partial charge < -0.3 is 10.6 Å². The Bertz CT molecular complexity index is 138. The zero-order chi connectivity index (χ0) is 6.85. The lowest BCUT2D eigenvalue weighted by Gasteiger charge is -2.10. The average molecular weight is 125 g/mol. The van der Waals surface area contributed by atoms with E-state index in [1.807, 2.05) is 6.92 Å². The van der Waals surface area contributed by atoms with Gasteiger partial charge in [-0.1, -0.05) is 0 Å². The van der Waals surface area contributed by atoms with Crippen LogP contribution in [0.1, 0.15) is 13.3 Å². The minimum Gasteiger partial charge on any atom is -0.326 e. The van der Waals surface area contributed by atoms with E-state index < -0.39 is 0 Å². The van der Waals surface area contributed by atoms with Gasteiger partial charge in [-0.05, 0) is 13.3 Å². The lowest BCUT2D eigenvalue weighted by molar-refractivity contribution is 0.387. The molecule has 0 aromatic carbocycles. The van der Waals surface area contributed by atoms with Crippen molar-refractivity contribution in [3.8, 4) is 6.19 Å². The molecule has 0 aliphatic carbocycles. The molecule has 1 aliphatic rings. The molecular weight excluding hydrogens is 114 g/mol. The number of nitrogens with two attached hydrogens (primary N) is 1. The predicted octanol–water partition coefficient (Wildman–Crippen LogP) is -0.111. The minimum atomic E-state index is 0.208. The molecule has 1 rings (SSSR count). The van der Waals surface area contributed by atoms with Crippen molar-refractivity contribution in [3.63, 3.8) is 0 Å². The average Bonchev–Trinajstić information content (AvgIpc) is 2.10. The van der Waals surface area contributed by atoms with Crippen LogP contribution in [-0.2, 0) is 0 Å². The summed E-state index contributed by atoms with van der Waals surface area (Å²) in [5.74, 6) is 0. The second-order valence-corrected chi connectivity index (χ2v) is 2.60. The van der Waals surface area contributed by atoms with E-state index in [0.717, 1.165) is 13.0 Å². The fraction of sp³-hybridized carbons (Fsp3) is 0.833. The van der Waals surface area contributed by atoms with Crippen molar-refractivity contribution in [3.05, 3.63) is 0 Å². The monoisotopic (exact) mass is 125 g/mol. The second-order valence-electron chi connectivity index (χ2n) is 2.60. The third kappa shape index (κ3) is 1.14. The Kier molecular flexibility index (Phi) is 1.58. The second kappa shape index (κ2) is 2.24.